The Balaban J connectivity index is 2.04. The monoisotopic (exact) mass is 208 g/mol. The minimum atomic E-state index is 0.495. The van der Waals surface area contributed by atoms with Crippen LogP contribution in [0.25, 0.3) is 0 Å². The Kier molecular flexibility index (Phi) is 4.43. The summed E-state index contributed by atoms with van der Waals surface area (Å²) in [6.45, 7) is 11.7. The van der Waals surface area contributed by atoms with Crippen molar-refractivity contribution in [2.45, 2.75) is 73.1 Å². The Morgan fingerprint density at radius 1 is 1.13 bits per heavy atom. The smallest absolute Gasteiger partial charge is 0.00671 e. The summed E-state index contributed by atoms with van der Waals surface area (Å²) >= 11 is 0. The van der Waals surface area contributed by atoms with Crippen molar-refractivity contribution in [2.24, 2.45) is 11.3 Å². The van der Waals surface area contributed by atoms with Crippen LogP contribution in [0.4, 0.5) is 0 Å². The molecule has 0 saturated carbocycles. The average Bonchev–Trinajstić information content (AvgIpc) is 2.62. The molecule has 0 aromatic heterocycles. The predicted molar refractivity (Wildman–Crippen MR) is 69.0 cm³/mol. The van der Waals surface area contributed by atoms with Crippen molar-refractivity contribution in [3.63, 3.8) is 0 Å². The fraction of sp³-hybridized carbons (Fsp3) is 0.867. The van der Waals surface area contributed by atoms with Gasteiger partial charge in [0.1, 0.15) is 0 Å². The van der Waals surface area contributed by atoms with E-state index in [2.05, 4.69) is 34.6 Å². The molecule has 0 amide bonds. The highest BCUT2D eigenvalue weighted by atomic mass is 14.4. The predicted octanol–water partition coefficient (Wildman–Crippen LogP) is 5.34. The van der Waals surface area contributed by atoms with E-state index in [1.165, 1.54) is 38.5 Å². The van der Waals surface area contributed by atoms with Gasteiger partial charge in [0.05, 0.1) is 0 Å². The number of unbranched alkanes of at least 4 members (excludes halogenated alkanes) is 1. The molecule has 0 aromatic rings. The maximum absolute atomic E-state index is 2.40. The van der Waals surface area contributed by atoms with Gasteiger partial charge < -0.3 is 0 Å². The number of rotatable bonds is 7. The van der Waals surface area contributed by atoms with Gasteiger partial charge in [0.25, 0.3) is 0 Å². The summed E-state index contributed by atoms with van der Waals surface area (Å²) in [7, 11) is 0. The molecular weight excluding hydrogens is 180 g/mol. The van der Waals surface area contributed by atoms with Crippen LogP contribution < -0.4 is 0 Å². The second-order valence-corrected chi connectivity index (χ2v) is 5.87. The summed E-state index contributed by atoms with van der Waals surface area (Å²) in [4.78, 5) is 0. The van der Waals surface area contributed by atoms with E-state index < -0.39 is 0 Å². The van der Waals surface area contributed by atoms with Crippen molar-refractivity contribution >= 4 is 0 Å². The Bertz CT molecular complexity index is 232. The summed E-state index contributed by atoms with van der Waals surface area (Å²) in [6, 6.07) is 0. The summed E-state index contributed by atoms with van der Waals surface area (Å²) in [5, 5.41) is 0. The van der Waals surface area contributed by atoms with Crippen LogP contribution >= 0.6 is 0 Å². The first kappa shape index (κ1) is 12.8. The van der Waals surface area contributed by atoms with E-state index in [0.717, 1.165) is 5.92 Å². The SMILES string of the molecule is CCCC(C)CCCCC1=C(C)C1(C)C. The molecule has 0 aromatic carbocycles. The van der Waals surface area contributed by atoms with Gasteiger partial charge in [-0.3, -0.25) is 0 Å². The lowest BCUT2D eigenvalue weighted by atomic mass is 9.96. The summed E-state index contributed by atoms with van der Waals surface area (Å²) < 4.78 is 0. The van der Waals surface area contributed by atoms with Crippen molar-refractivity contribution in [2.75, 3.05) is 0 Å². The molecule has 1 atom stereocenters. The minimum Gasteiger partial charge on any atom is -0.0654 e. The molecule has 15 heavy (non-hydrogen) atoms. The molecule has 0 bridgehead atoms. The van der Waals surface area contributed by atoms with Gasteiger partial charge in [0.2, 0.25) is 0 Å². The van der Waals surface area contributed by atoms with Crippen LogP contribution in [0, 0.1) is 11.3 Å². The molecule has 0 saturated heterocycles. The average molecular weight is 208 g/mol. The Labute approximate surface area is 96.2 Å². The van der Waals surface area contributed by atoms with Crippen molar-refractivity contribution < 1.29 is 0 Å². The highest BCUT2D eigenvalue weighted by Gasteiger charge is 2.40. The maximum Gasteiger partial charge on any atom is 0.00671 e. The zero-order chi connectivity index (χ0) is 11.5. The molecule has 0 heterocycles. The normalized spacial score (nSPS) is 20.6. The van der Waals surface area contributed by atoms with Crippen molar-refractivity contribution in [3.8, 4) is 0 Å². The Morgan fingerprint density at radius 3 is 2.20 bits per heavy atom. The summed E-state index contributed by atoms with van der Waals surface area (Å²) in [5.74, 6) is 0.942. The van der Waals surface area contributed by atoms with E-state index in [1.807, 2.05) is 0 Å². The van der Waals surface area contributed by atoms with Crippen LogP contribution in [-0.2, 0) is 0 Å². The zero-order valence-corrected chi connectivity index (χ0v) is 11.3. The van der Waals surface area contributed by atoms with Gasteiger partial charge in [-0.1, -0.05) is 64.5 Å². The van der Waals surface area contributed by atoms with E-state index in [9.17, 15) is 0 Å². The molecule has 0 nitrogen and oxygen atoms in total. The molecule has 88 valence electrons. The van der Waals surface area contributed by atoms with Gasteiger partial charge in [-0.2, -0.15) is 0 Å². The van der Waals surface area contributed by atoms with E-state index in [-0.39, 0.29) is 0 Å². The molecular formula is C15H28. The van der Waals surface area contributed by atoms with Gasteiger partial charge in [-0.25, -0.2) is 0 Å². The highest BCUT2D eigenvalue weighted by Crippen LogP contribution is 2.53. The van der Waals surface area contributed by atoms with Crippen LogP contribution in [0.2, 0.25) is 0 Å². The maximum atomic E-state index is 2.40. The van der Waals surface area contributed by atoms with Gasteiger partial charge in [-0.15, -0.1) is 0 Å². The largest absolute Gasteiger partial charge is 0.0654 e. The second kappa shape index (κ2) is 5.18. The van der Waals surface area contributed by atoms with Crippen molar-refractivity contribution in [1.29, 1.82) is 0 Å². The van der Waals surface area contributed by atoms with E-state index in [1.54, 1.807) is 11.1 Å². The Hall–Kier alpha value is -0.260. The molecule has 1 unspecified atom stereocenters. The van der Waals surface area contributed by atoms with Crippen LogP contribution in [0.15, 0.2) is 11.1 Å². The second-order valence-electron chi connectivity index (χ2n) is 5.87. The van der Waals surface area contributed by atoms with Crippen LogP contribution in [0.3, 0.4) is 0 Å². The van der Waals surface area contributed by atoms with E-state index in [0.29, 0.717) is 5.41 Å². The van der Waals surface area contributed by atoms with Gasteiger partial charge in [0.15, 0.2) is 0 Å². The third-order valence-corrected chi connectivity index (χ3v) is 4.24. The van der Waals surface area contributed by atoms with Gasteiger partial charge in [0, 0.05) is 5.41 Å². The first-order chi connectivity index (χ1) is 7.00. The molecule has 1 aliphatic rings. The molecule has 1 rings (SSSR count). The standard InChI is InChI=1S/C15H28/c1-6-9-12(2)10-7-8-11-14-13(3)15(14,4)5/h12H,6-11H2,1-5H3. The molecule has 1 aliphatic carbocycles. The van der Waals surface area contributed by atoms with Crippen molar-refractivity contribution in [1.82, 2.24) is 0 Å². The number of allylic oxidation sites excluding steroid dienone is 2. The van der Waals surface area contributed by atoms with E-state index >= 15 is 0 Å². The molecule has 0 spiro atoms. The number of hydrogen-bond acceptors (Lipinski definition) is 0. The highest BCUT2D eigenvalue weighted by molar-refractivity contribution is 5.45. The summed E-state index contributed by atoms with van der Waals surface area (Å²) in [5.41, 5.74) is 3.89. The minimum absolute atomic E-state index is 0.495. The van der Waals surface area contributed by atoms with E-state index in [4.69, 9.17) is 0 Å². The van der Waals surface area contributed by atoms with Gasteiger partial charge in [-0.05, 0) is 25.7 Å². The molecule has 0 N–H and O–H groups in total. The first-order valence-electron chi connectivity index (χ1n) is 6.70. The quantitative estimate of drug-likeness (QED) is 0.391. The van der Waals surface area contributed by atoms with Crippen molar-refractivity contribution in [3.05, 3.63) is 11.1 Å². The molecule has 0 radical (unpaired) electrons. The Morgan fingerprint density at radius 2 is 1.73 bits per heavy atom. The zero-order valence-electron chi connectivity index (χ0n) is 11.3. The van der Waals surface area contributed by atoms with Crippen LogP contribution in [-0.4, -0.2) is 0 Å². The third kappa shape index (κ3) is 3.36. The lowest BCUT2D eigenvalue weighted by Gasteiger charge is -2.09. The third-order valence-electron chi connectivity index (χ3n) is 4.24. The molecule has 0 aliphatic heterocycles. The number of hydrogen-bond donors (Lipinski definition) is 0. The van der Waals surface area contributed by atoms with Crippen LogP contribution in [0.1, 0.15) is 73.1 Å². The first-order valence-corrected chi connectivity index (χ1v) is 6.70. The fourth-order valence-corrected chi connectivity index (χ4v) is 2.68. The lowest BCUT2D eigenvalue weighted by molar-refractivity contribution is 0.459. The topological polar surface area (TPSA) is 0 Å². The van der Waals surface area contributed by atoms with Gasteiger partial charge >= 0.3 is 0 Å². The lowest BCUT2D eigenvalue weighted by Crippen LogP contribution is -1.95. The van der Waals surface area contributed by atoms with Crippen LogP contribution in [0.5, 0.6) is 0 Å². The summed E-state index contributed by atoms with van der Waals surface area (Å²) in [6.07, 6.45) is 8.38. The molecule has 0 fully saturated rings. The fourth-order valence-electron chi connectivity index (χ4n) is 2.68. The molecule has 0 heteroatoms.